The molecule has 2 heterocycles. The average molecular weight is 475 g/mol. The summed E-state index contributed by atoms with van der Waals surface area (Å²) in [5.41, 5.74) is 8.80. The van der Waals surface area contributed by atoms with Crippen LogP contribution in [0.2, 0.25) is 0 Å². The Balaban J connectivity index is 1.45. The molecule has 172 valence electrons. The van der Waals surface area contributed by atoms with Crippen LogP contribution >= 0.6 is 11.3 Å². The zero-order valence-corrected chi connectivity index (χ0v) is 18.3. The Hall–Kier alpha value is -3.44. The van der Waals surface area contributed by atoms with E-state index in [1.54, 1.807) is 18.2 Å². The fourth-order valence-corrected chi connectivity index (χ4v) is 4.10. The van der Waals surface area contributed by atoms with E-state index < -0.39 is 23.5 Å². The summed E-state index contributed by atoms with van der Waals surface area (Å²) in [6.45, 7) is 2.25. The number of nitrogens with zero attached hydrogens (tertiary/aromatic N) is 2. The lowest BCUT2D eigenvalue weighted by Gasteiger charge is -2.18. The van der Waals surface area contributed by atoms with Gasteiger partial charge in [0.1, 0.15) is 5.01 Å². The highest BCUT2D eigenvalue weighted by molar-refractivity contribution is 7.18. The van der Waals surface area contributed by atoms with Crippen molar-refractivity contribution < 1.29 is 17.6 Å². The van der Waals surface area contributed by atoms with Crippen LogP contribution in [0.1, 0.15) is 24.5 Å². The minimum Gasteiger partial charge on any atom is -0.408 e. The Kier molecular flexibility index (Phi) is 6.34. The maximum Gasteiger partial charge on any atom is 0.417 e. The Bertz CT molecular complexity index is 1340. The molecule has 2 aromatic heterocycles. The van der Waals surface area contributed by atoms with Gasteiger partial charge < -0.3 is 15.5 Å². The van der Waals surface area contributed by atoms with Gasteiger partial charge in [0, 0.05) is 18.2 Å². The SMILES string of the molecule is CC/C=C(/c1ccc(C(F)(F)F)cc1)[C@H](N)CNc1nnc(-c2ccc3[nH]c(=O)oc3c2)s1. The first kappa shape index (κ1) is 22.7. The van der Waals surface area contributed by atoms with Gasteiger partial charge in [0.25, 0.3) is 0 Å². The van der Waals surface area contributed by atoms with Gasteiger partial charge in [-0.2, -0.15) is 13.2 Å². The molecule has 2 aromatic carbocycles. The van der Waals surface area contributed by atoms with Crippen LogP contribution in [-0.2, 0) is 6.18 Å². The number of halogens is 3. The smallest absolute Gasteiger partial charge is 0.408 e. The molecule has 4 aromatic rings. The summed E-state index contributed by atoms with van der Waals surface area (Å²) in [5.74, 6) is -0.528. The third-order valence-electron chi connectivity index (χ3n) is 4.94. The molecule has 0 bridgehead atoms. The number of allylic oxidation sites excluding steroid dienone is 1. The van der Waals surface area contributed by atoms with Gasteiger partial charge in [-0.25, -0.2) is 4.79 Å². The molecular weight excluding hydrogens is 455 g/mol. The molecule has 0 fully saturated rings. The van der Waals surface area contributed by atoms with Crippen LogP contribution < -0.4 is 16.8 Å². The highest BCUT2D eigenvalue weighted by Gasteiger charge is 2.30. The normalized spacial score (nSPS) is 13.4. The van der Waals surface area contributed by atoms with Crippen LogP contribution in [0.5, 0.6) is 0 Å². The van der Waals surface area contributed by atoms with E-state index in [1.807, 2.05) is 13.0 Å². The second-order valence-electron chi connectivity index (χ2n) is 7.27. The number of oxazole rings is 1. The summed E-state index contributed by atoms with van der Waals surface area (Å²) >= 11 is 1.31. The monoisotopic (exact) mass is 475 g/mol. The number of fused-ring (bicyclic) bond motifs is 1. The van der Waals surface area contributed by atoms with Crippen LogP contribution in [0, 0.1) is 0 Å². The first-order valence-corrected chi connectivity index (χ1v) is 10.9. The van der Waals surface area contributed by atoms with Gasteiger partial charge >= 0.3 is 11.9 Å². The molecule has 0 amide bonds. The van der Waals surface area contributed by atoms with Gasteiger partial charge in [-0.1, -0.05) is 36.5 Å². The second kappa shape index (κ2) is 9.20. The first-order valence-electron chi connectivity index (χ1n) is 10.1. The van der Waals surface area contributed by atoms with E-state index in [-0.39, 0.29) is 0 Å². The predicted molar refractivity (Wildman–Crippen MR) is 122 cm³/mol. The number of alkyl halides is 3. The van der Waals surface area contributed by atoms with E-state index in [9.17, 15) is 18.0 Å². The lowest BCUT2D eigenvalue weighted by atomic mass is 9.96. The summed E-state index contributed by atoms with van der Waals surface area (Å²) in [6, 6.07) is 9.74. The zero-order chi connectivity index (χ0) is 23.6. The topological polar surface area (TPSA) is 110 Å². The van der Waals surface area contributed by atoms with Gasteiger partial charge in [-0.05, 0) is 47.9 Å². The van der Waals surface area contributed by atoms with Crippen LogP contribution in [0.3, 0.4) is 0 Å². The number of aromatic amines is 1. The number of hydrogen-bond donors (Lipinski definition) is 3. The number of nitrogens with two attached hydrogens (primary N) is 1. The Morgan fingerprint density at radius 1 is 1.24 bits per heavy atom. The number of H-pyrrole nitrogens is 1. The number of anilines is 1. The quantitative estimate of drug-likeness (QED) is 0.351. The fourth-order valence-electron chi connectivity index (χ4n) is 3.35. The molecular formula is C22H20F3N5O2S. The van der Waals surface area contributed by atoms with Crippen LogP contribution in [-0.4, -0.2) is 27.8 Å². The standard InChI is InChI=1S/C22H20F3N5O2S/c1-2-3-15(12-4-7-14(8-5-12)22(23,24)25)16(26)11-27-20-30-29-19(33-20)13-6-9-17-18(10-13)32-21(31)28-17/h3-10,16H,2,11,26H2,1H3,(H,27,30)(H,28,31)/b15-3-/t16-/m1/s1. The van der Waals surface area contributed by atoms with Crippen molar-refractivity contribution in [2.75, 3.05) is 11.9 Å². The van der Waals surface area contributed by atoms with E-state index in [4.69, 9.17) is 10.2 Å². The Labute approximate surface area is 190 Å². The van der Waals surface area contributed by atoms with Crippen molar-refractivity contribution in [2.24, 2.45) is 5.73 Å². The number of benzene rings is 2. The van der Waals surface area contributed by atoms with Crippen LogP contribution in [0.4, 0.5) is 18.3 Å². The van der Waals surface area contributed by atoms with Crippen molar-refractivity contribution in [3.8, 4) is 10.6 Å². The summed E-state index contributed by atoms with van der Waals surface area (Å²) in [6.07, 6.45) is -1.80. The first-order chi connectivity index (χ1) is 15.7. The molecule has 0 spiro atoms. The van der Waals surface area contributed by atoms with Crippen molar-refractivity contribution in [3.63, 3.8) is 0 Å². The van der Waals surface area contributed by atoms with Crippen molar-refractivity contribution in [1.29, 1.82) is 0 Å². The largest absolute Gasteiger partial charge is 0.417 e. The highest BCUT2D eigenvalue weighted by Crippen LogP contribution is 2.31. The van der Waals surface area contributed by atoms with E-state index in [1.165, 1.54) is 23.5 Å². The second-order valence-corrected chi connectivity index (χ2v) is 8.25. The maximum absolute atomic E-state index is 12.9. The average Bonchev–Trinajstić information content (AvgIpc) is 3.40. The summed E-state index contributed by atoms with van der Waals surface area (Å²) in [5, 5.41) is 12.6. The molecule has 0 aliphatic carbocycles. The molecule has 0 saturated carbocycles. The molecule has 0 saturated heterocycles. The van der Waals surface area contributed by atoms with Crippen molar-refractivity contribution >= 4 is 33.1 Å². The van der Waals surface area contributed by atoms with Crippen LogP contribution in [0.25, 0.3) is 27.2 Å². The Morgan fingerprint density at radius 3 is 2.70 bits per heavy atom. The third kappa shape index (κ3) is 5.15. The molecule has 4 rings (SSSR count). The molecule has 11 heteroatoms. The van der Waals surface area contributed by atoms with Crippen LogP contribution in [0.15, 0.2) is 57.8 Å². The molecule has 33 heavy (non-hydrogen) atoms. The number of aromatic nitrogens is 3. The summed E-state index contributed by atoms with van der Waals surface area (Å²) < 4.78 is 43.6. The molecule has 0 unspecified atom stereocenters. The highest BCUT2D eigenvalue weighted by atomic mass is 32.1. The molecule has 0 radical (unpaired) electrons. The van der Waals surface area contributed by atoms with Gasteiger partial charge in [0.2, 0.25) is 5.13 Å². The van der Waals surface area contributed by atoms with Crippen molar-refractivity contribution in [2.45, 2.75) is 25.6 Å². The fraction of sp³-hybridized carbons (Fsp3) is 0.227. The van der Waals surface area contributed by atoms with E-state index in [2.05, 4.69) is 20.5 Å². The lowest BCUT2D eigenvalue weighted by molar-refractivity contribution is -0.137. The van der Waals surface area contributed by atoms with Gasteiger partial charge in [0.15, 0.2) is 5.58 Å². The minimum absolute atomic E-state index is 0.313. The number of hydrogen-bond acceptors (Lipinski definition) is 7. The molecule has 1 atom stereocenters. The summed E-state index contributed by atoms with van der Waals surface area (Å²) in [4.78, 5) is 13.9. The third-order valence-corrected chi connectivity index (χ3v) is 5.87. The molecule has 0 aliphatic rings. The number of rotatable bonds is 7. The van der Waals surface area contributed by atoms with Crippen molar-refractivity contribution in [1.82, 2.24) is 15.2 Å². The minimum atomic E-state index is -4.39. The van der Waals surface area contributed by atoms with E-state index >= 15 is 0 Å². The Morgan fingerprint density at radius 2 is 2.00 bits per heavy atom. The molecule has 0 aliphatic heterocycles. The maximum atomic E-state index is 12.9. The van der Waals surface area contributed by atoms with Crippen molar-refractivity contribution in [3.05, 3.63) is 70.2 Å². The predicted octanol–water partition coefficient (Wildman–Crippen LogP) is 4.89. The summed E-state index contributed by atoms with van der Waals surface area (Å²) in [7, 11) is 0. The lowest BCUT2D eigenvalue weighted by Crippen LogP contribution is -2.30. The molecule has 7 nitrogen and oxygen atoms in total. The van der Waals surface area contributed by atoms with E-state index in [0.717, 1.165) is 23.3 Å². The van der Waals surface area contributed by atoms with Gasteiger partial charge in [-0.15, -0.1) is 10.2 Å². The van der Waals surface area contributed by atoms with Gasteiger partial charge in [0.05, 0.1) is 11.1 Å². The van der Waals surface area contributed by atoms with E-state index in [0.29, 0.717) is 39.8 Å². The molecule has 4 N–H and O–H groups in total. The van der Waals surface area contributed by atoms with Gasteiger partial charge in [-0.3, -0.25) is 4.98 Å². The zero-order valence-electron chi connectivity index (χ0n) is 17.4. The number of nitrogens with one attached hydrogen (secondary N) is 2.